The molecule has 3 rings (SSSR count). The third-order valence-electron chi connectivity index (χ3n) is 4.92. The Bertz CT molecular complexity index is 1210. The van der Waals surface area contributed by atoms with Gasteiger partial charge in [-0.05, 0) is 36.6 Å². The number of hydrogen-bond acceptors (Lipinski definition) is 5. The fraction of sp³-hybridized carbons (Fsp3) is 0.333. The van der Waals surface area contributed by atoms with Crippen LogP contribution in [-0.4, -0.2) is 39.7 Å². The molecule has 0 fully saturated rings. The highest BCUT2D eigenvalue weighted by Crippen LogP contribution is 2.16. The summed E-state index contributed by atoms with van der Waals surface area (Å²) in [5.41, 5.74) is 0.311. The highest BCUT2D eigenvalue weighted by Gasteiger charge is 2.25. The fourth-order valence-corrected chi connectivity index (χ4v) is 3.42. The molecule has 8 heteroatoms. The number of ether oxygens (including phenoxy) is 1. The Hall–Kier alpha value is -3.55. The molecule has 7 nitrogen and oxygen atoms in total. The highest BCUT2D eigenvalue weighted by molar-refractivity contribution is 6.02. The van der Waals surface area contributed by atoms with E-state index in [0.29, 0.717) is 22.9 Å². The van der Waals surface area contributed by atoms with Crippen LogP contribution >= 0.6 is 0 Å². The molecule has 0 bridgehead atoms. The summed E-state index contributed by atoms with van der Waals surface area (Å²) in [6.45, 7) is 5.86. The second kappa shape index (κ2) is 9.72. The molecule has 168 valence electrons. The molecule has 32 heavy (non-hydrogen) atoms. The molecule has 0 aliphatic heterocycles. The Labute approximate surface area is 185 Å². The van der Waals surface area contributed by atoms with E-state index in [9.17, 15) is 18.8 Å². The van der Waals surface area contributed by atoms with Gasteiger partial charge in [0.15, 0.2) is 11.8 Å². The zero-order valence-electron chi connectivity index (χ0n) is 18.5. The van der Waals surface area contributed by atoms with Crippen molar-refractivity contribution in [1.29, 1.82) is 0 Å². The van der Waals surface area contributed by atoms with Gasteiger partial charge in [0.1, 0.15) is 5.82 Å². The number of fused-ring (bicyclic) bond motifs is 1. The number of benzene rings is 2. The zero-order valence-corrected chi connectivity index (χ0v) is 18.5. The molecular formula is C24H26FN3O4. The van der Waals surface area contributed by atoms with E-state index in [-0.39, 0.29) is 23.7 Å². The van der Waals surface area contributed by atoms with Crippen molar-refractivity contribution < 1.29 is 18.7 Å². The van der Waals surface area contributed by atoms with Gasteiger partial charge in [-0.1, -0.05) is 44.2 Å². The van der Waals surface area contributed by atoms with Gasteiger partial charge >= 0.3 is 5.97 Å². The van der Waals surface area contributed by atoms with Gasteiger partial charge in [-0.3, -0.25) is 9.59 Å². The first-order valence-electron chi connectivity index (χ1n) is 10.4. The topological polar surface area (TPSA) is 81.5 Å². The SMILES string of the molecule is CC(C)Cn1nc(C(=O)OC(C)C(=O)N(C)Cc2cccc(F)c2)c2ccccc2c1=O. The Morgan fingerprint density at radius 3 is 2.44 bits per heavy atom. The Morgan fingerprint density at radius 1 is 1.09 bits per heavy atom. The molecule has 0 aliphatic rings. The summed E-state index contributed by atoms with van der Waals surface area (Å²) in [7, 11) is 1.55. The third-order valence-corrected chi connectivity index (χ3v) is 4.92. The third kappa shape index (κ3) is 5.19. The molecule has 1 atom stereocenters. The first-order valence-corrected chi connectivity index (χ1v) is 10.4. The summed E-state index contributed by atoms with van der Waals surface area (Å²) >= 11 is 0. The Balaban J connectivity index is 1.82. The Morgan fingerprint density at radius 2 is 1.78 bits per heavy atom. The van der Waals surface area contributed by atoms with Gasteiger partial charge in [0, 0.05) is 25.5 Å². The number of likely N-dealkylation sites (N-methyl/N-ethyl adjacent to an activating group) is 1. The quantitative estimate of drug-likeness (QED) is 0.527. The number of rotatable bonds is 7. The molecule has 0 aliphatic carbocycles. The molecule has 0 spiro atoms. The number of carbonyl (C=O) groups excluding carboxylic acids is 2. The maximum Gasteiger partial charge on any atom is 0.360 e. The summed E-state index contributed by atoms with van der Waals surface area (Å²) in [6, 6.07) is 12.6. The fourth-order valence-electron chi connectivity index (χ4n) is 3.42. The standard InChI is InChI=1S/C24H26FN3O4/c1-15(2)13-28-23(30)20-11-6-5-10-19(20)21(26-28)24(31)32-16(3)22(29)27(4)14-17-8-7-9-18(25)12-17/h5-12,15-16H,13-14H2,1-4H3. The van der Waals surface area contributed by atoms with Crippen LogP contribution in [0.2, 0.25) is 0 Å². The van der Waals surface area contributed by atoms with Crippen LogP contribution in [0.15, 0.2) is 53.3 Å². The van der Waals surface area contributed by atoms with Crippen LogP contribution in [0.1, 0.15) is 36.8 Å². The van der Waals surface area contributed by atoms with Crippen LogP contribution in [0.5, 0.6) is 0 Å². The molecule has 1 aromatic heterocycles. The number of hydrogen-bond donors (Lipinski definition) is 0. The molecule has 1 amide bonds. The summed E-state index contributed by atoms with van der Waals surface area (Å²) < 4.78 is 20.1. The minimum atomic E-state index is -1.09. The Kier molecular flexibility index (Phi) is 7.02. The van der Waals surface area contributed by atoms with Crippen molar-refractivity contribution in [2.24, 2.45) is 5.92 Å². The minimum absolute atomic E-state index is 0.0201. The summed E-state index contributed by atoms with van der Waals surface area (Å²) in [5, 5.41) is 4.97. The van der Waals surface area contributed by atoms with Crippen molar-refractivity contribution in [3.8, 4) is 0 Å². The van der Waals surface area contributed by atoms with Crippen molar-refractivity contribution >= 4 is 22.6 Å². The molecule has 0 radical (unpaired) electrons. The van der Waals surface area contributed by atoms with Crippen LogP contribution in [0.25, 0.3) is 10.8 Å². The number of amides is 1. The van der Waals surface area contributed by atoms with E-state index in [0.717, 1.165) is 0 Å². The highest BCUT2D eigenvalue weighted by atomic mass is 19.1. The van der Waals surface area contributed by atoms with Crippen LogP contribution in [0, 0.1) is 11.7 Å². The van der Waals surface area contributed by atoms with Crippen molar-refractivity contribution in [1.82, 2.24) is 14.7 Å². The number of halogens is 1. The van der Waals surface area contributed by atoms with Crippen molar-refractivity contribution in [2.75, 3.05) is 7.05 Å². The van der Waals surface area contributed by atoms with Crippen molar-refractivity contribution in [2.45, 2.75) is 40.0 Å². The van der Waals surface area contributed by atoms with E-state index in [4.69, 9.17) is 4.74 Å². The van der Waals surface area contributed by atoms with Crippen molar-refractivity contribution in [3.05, 3.63) is 76.0 Å². The summed E-state index contributed by atoms with van der Waals surface area (Å²) in [4.78, 5) is 39.7. The smallest absolute Gasteiger partial charge is 0.360 e. The number of aromatic nitrogens is 2. The van der Waals surface area contributed by atoms with Gasteiger partial charge in [0.2, 0.25) is 0 Å². The van der Waals surface area contributed by atoms with E-state index in [1.807, 2.05) is 13.8 Å². The average Bonchev–Trinajstić information content (AvgIpc) is 2.74. The predicted octanol–water partition coefficient (Wildman–Crippen LogP) is 3.40. The largest absolute Gasteiger partial charge is 0.448 e. The summed E-state index contributed by atoms with van der Waals surface area (Å²) in [5.74, 6) is -1.49. The van der Waals surface area contributed by atoms with Gasteiger partial charge in [0.05, 0.1) is 5.39 Å². The van der Waals surface area contributed by atoms with E-state index in [2.05, 4.69) is 5.10 Å². The number of esters is 1. The lowest BCUT2D eigenvalue weighted by molar-refractivity contribution is -0.139. The van der Waals surface area contributed by atoms with E-state index in [1.54, 1.807) is 43.4 Å². The van der Waals surface area contributed by atoms with Gasteiger partial charge < -0.3 is 9.64 Å². The van der Waals surface area contributed by atoms with Crippen molar-refractivity contribution in [3.63, 3.8) is 0 Å². The average molecular weight is 439 g/mol. The lowest BCUT2D eigenvalue weighted by Crippen LogP contribution is -2.37. The van der Waals surface area contributed by atoms with Gasteiger partial charge in [-0.2, -0.15) is 5.10 Å². The zero-order chi connectivity index (χ0) is 23.4. The van der Waals surface area contributed by atoms with Crippen LogP contribution in [0.4, 0.5) is 4.39 Å². The monoisotopic (exact) mass is 439 g/mol. The first kappa shape index (κ1) is 23.1. The van der Waals surface area contributed by atoms with Gasteiger partial charge in [-0.25, -0.2) is 13.9 Å². The molecular weight excluding hydrogens is 413 g/mol. The number of carbonyl (C=O) groups is 2. The second-order valence-electron chi connectivity index (χ2n) is 8.15. The molecule has 0 saturated heterocycles. The van der Waals surface area contributed by atoms with Crippen LogP contribution < -0.4 is 5.56 Å². The summed E-state index contributed by atoms with van der Waals surface area (Å²) in [6.07, 6.45) is -1.09. The van der Waals surface area contributed by atoms with Gasteiger partial charge in [-0.15, -0.1) is 0 Å². The lowest BCUT2D eigenvalue weighted by Gasteiger charge is -2.22. The molecule has 3 aromatic rings. The molecule has 2 aromatic carbocycles. The molecule has 1 unspecified atom stereocenters. The maximum atomic E-state index is 13.4. The minimum Gasteiger partial charge on any atom is -0.448 e. The maximum absolute atomic E-state index is 13.4. The van der Waals surface area contributed by atoms with Gasteiger partial charge in [0.25, 0.3) is 11.5 Å². The number of nitrogens with zero attached hydrogens (tertiary/aromatic N) is 3. The van der Waals surface area contributed by atoms with E-state index >= 15 is 0 Å². The van der Waals surface area contributed by atoms with E-state index in [1.165, 1.54) is 28.6 Å². The lowest BCUT2D eigenvalue weighted by atomic mass is 10.1. The van der Waals surface area contributed by atoms with Crippen LogP contribution in [0.3, 0.4) is 0 Å². The molecule has 1 heterocycles. The normalized spacial score (nSPS) is 12.1. The first-order chi connectivity index (χ1) is 15.2. The van der Waals surface area contributed by atoms with E-state index < -0.39 is 23.8 Å². The predicted molar refractivity (Wildman–Crippen MR) is 119 cm³/mol. The molecule has 0 N–H and O–H groups in total. The molecule has 0 saturated carbocycles. The van der Waals surface area contributed by atoms with Crippen LogP contribution in [-0.2, 0) is 22.6 Å². The second-order valence-corrected chi connectivity index (χ2v) is 8.15.